The van der Waals surface area contributed by atoms with Crippen LogP contribution in [0.2, 0.25) is 0 Å². The van der Waals surface area contributed by atoms with E-state index >= 15 is 0 Å². The summed E-state index contributed by atoms with van der Waals surface area (Å²) in [5.41, 5.74) is 8.22. The van der Waals surface area contributed by atoms with E-state index in [0.29, 0.717) is 6.61 Å². The van der Waals surface area contributed by atoms with E-state index in [-0.39, 0.29) is 25.2 Å². The Morgan fingerprint density at radius 3 is 3.00 bits per heavy atom. The SMILES string of the molecule is CCOc1ccc2c(c1)CC(N)C2OCCC(=O)O. The number of fused-ring (bicyclic) bond motifs is 1. The van der Waals surface area contributed by atoms with Gasteiger partial charge in [0.1, 0.15) is 5.75 Å². The van der Waals surface area contributed by atoms with Gasteiger partial charge in [0.25, 0.3) is 0 Å². The van der Waals surface area contributed by atoms with Gasteiger partial charge in [-0.2, -0.15) is 0 Å². The van der Waals surface area contributed by atoms with E-state index in [1.807, 2.05) is 25.1 Å². The molecule has 0 radical (unpaired) electrons. The van der Waals surface area contributed by atoms with Crippen LogP contribution in [-0.2, 0) is 16.0 Å². The van der Waals surface area contributed by atoms with Crippen LogP contribution in [-0.4, -0.2) is 30.3 Å². The summed E-state index contributed by atoms with van der Waals surface area (Å²) in [5.74, 6) is -0.0295. The van der Waals surface area contributed by atoms with Crippen LogP contribution >= 0.6 is 0 Å². The van der Waals surface area contributed by atoms with Crippen molar-refractivity contribution < 1.29 is 19.4 Å². The topological polar surface area (TPSA) is 81.8 Å². The van der Waals surface area contributed by atoms with Gasteiger partial charge in [-0.3, -0.25) is 4.79 Å². The fraction of sp³-hybridized carbons (Fsp3) is 0.500. The van der Waals surface area contributed by atoms with Gasteiger partial charge in [-0.25, -0.2) is 0 Å². The second-order valence-electron chi connectivity index (χ2n) is 4.60. The molecule has 1 aromatic rings. The number of ether oxygens (including phenoxy) is 2. The van der Waals surface area contributed by atoms with Crippen molar-refractivity contribution in [2.75, 3.05) is 13.2 Å². The molecule has 3 N–H and O–H groups in total. The van der Waals surface area contributed by atoms with Gasteiger partial charge < -0.3 is 20.3 Å². The molecular weight excluding hydrogens is 246 g/mol. The standard InChI is InChI=1S/C14H19NO4/c1-2-18-10-3-4-11-9(7-10)8-12(15)14(11)19-6-5-13(16)17/h3-4,7,12,14H,2,5-6,8,15H2,1H3,(H,16,17). The first kappa shape index (κ1) is 13.8. The summed E-state index contributed by atoms with van der Waals surface area (Å²) < 4.78 is 11.1. The molecule has 2 unspecified atom stereocenters. The Morgan fingerprint density at radius 2 is 2.32 bits per heavy atom. The van der Waals surface area contributed by atoms with E-state index in [1.165, 1.54) is 0 Å². The largest absolute Gasteiger partial charge is 0.494 e. The van der Waals surface area contributed by atoms with Crippen LogP contribution in [0, 0.1) is 0 Å². The number of carboxylic acid groups (broad SMARTS) is 1. The molecule has 5 heteroatoms. The van der Waals surface area contributed by atoms with Crippen molar-refractivity contribution in [2.45, 2.75) is 31.9 Å². The number of rotatable bonds is 6. The molecule has 1 aliphatic carbocycles. The van der Waals surface area contributed by atoms with Crippen LogP contribution in [0.4, 0.5) is 0 Å². The zero-order valence-corrected chi connectivity index (χ0v) is 11.0. The van der Waals surface area contributed by atoms with E-state index < -0.39 is 5.97 Å². The highest BCUT2D eigenvalue weighted by Crippen LogP contribution is 2.35. The smallest absolute Gasteiger partial charge is 0.305 e. The summed E-state index contributed by atoms with van der Waals surface area (Å²) in [5, 5.41) is 8.62. The first-order valence-electron chi connectivity index (χ1n) is 6.46. The molecule has 0 bridgehead atoms. The summed E-state index contributed by atoms with van der Waals surface area (Å²) in [6, 6.07) is 5.71. The quantitative estimate of drug-likeness (QED) is 0.814. The Labute approximate surface area is 112 Å². The normalized spacial score (nSPS) is 21.2. The average molecular weight is 265 g/mol. The van der Waals surface area contributed by atoms with Crippen LogP contribution < -0.4 is 10.5 Å². The number of nitrogens with two attached hydrogens (primary N) is 1. The highest BCUT2D eigenvalue weighted by Gasteiger charge is 2.30. The van der Waals surface area contributed by atoms with Gasteiger partial charge in [0, 0.05) is 6.04 Å². The zero-order chi connectivity index (χ0) is 13.8. The number of benzene rings is 1. The summed E-state index contributed by atoms with van der Waals surface area (Å²) in [7, 11) is 0. The lowest BCUT2D eigenvalue weighted by Gasteiger charge is -2.17. The first-order chi connectivity index (χ1) is 9.11. The molecular formula is C14H19NO4. The van der Waals surface area contributed by atoms with Gasteiger partial charge in [-0.15, -0.1) is 0 Å². The molecule has 0 fully saturated rings. The molecule has 104 valence electrons. The fourth-order valence-corrected chi connectivity index (χ4v) is 2.37. The molecule has 0 amide bonds. The minimum absolute atomic E-state index is 0.00438. The van der Waals surface area contributed by atoms with Gasteiger partial charge in [-0.1, -0.05) is 6.07 Å². The molecule has 5 nitrogen and oxygen atoms in total. The van der Waals surface area contributed by atoms with Crippen molar-refractivity contribution in [1.82, 2.24) is 0 Å². The fourth-order valence-electron chi connectivity index (χ4n) is 2.37. The summed E-state index contributed by atoms with van der Waals surface area (Å²) >= 11 is 0. The lowest BCUT2D eigenvalue weighted by molar-refractivity contribution is -0.138. The van der Waals surface area contributed by atoms with Gasteiger partial charge in [0.15, 0.2) is 0 Å². The number of carboxylic acids is 1. The molecule has 1 aromatic carbocycles. The van der Waals surface area contributed by atoms with Crippen LogP contribution in [0.3, 0.4) is 0 Å². The highest BCUT2D eigenvalue weighted by molar-refractivity contribution is 5.66. The molecule has 0 heterocycles. The minimum Gasteiger partial charge on any atom is -0.494 e. The number of aliphatic carboxylic acids is 1. The Balaban J connectivity index is 2.06. The van der Waals surface area contributed by atoms with E-state index in [4.69, 9.17) is 20.3 Å². The first-order valence-corrected chi connectivity index (χ1v) is 6.46. The van der Waals surface area contributed by atoms with E-state index in [1.54, 1.807) is 0 Å². The van der Waals surface area contributed by atoms with Crippen LogP contribution in [0.1, 0.15) is 30.6 Å². The maximum Gasteiger partial charge on any atom is 0.305 e. The number of carbonyl (C=O) groups is 1. The molecule has 1 aliphatic rings. The Morgan fingerprint density at radius 1 is 1.53 bits per heavy atom. The maximum absolute atomic E-state index is 10.5. The zero-order valence-electron chi connectivity index (χ0n) is 11.0. The van der Waals surface area contributed by atoms with Crippen molar-refractivity contribution in [3.8, 4) is 5.75 Å². The monoisotopic (exact) mass is 265 g/mol. The van der Waals surface area contributed by atoms with E-state index in [0.717, 1.165) is 23.3 Å². The van der Waals surface area contributed by atoms with Crippen LogP contribution in [0.5, 0.6) is 5.75 Å². The molecule has 0 aromatic heterocycles. The molecule has 2 atom stereocenters. The van der Waals surface area contributed by atoms with Crippen molar-refractivity contribution >= 4 is 5.97 Å². The molecule has 0 aliphatic heterocycles. The Bertz CT molecular complexity index is 461. The summed E-state index contributed by atoms with van der Waals surface area (Å²) in [6.07, 6.45) is 0.508. The second kappa shape index (κ2) is 6.04. The Kier molecular flexibility index (Phi) is 4.39. The predicted octanol–water partition coefficient (Wildman–Crippen LogP) is 1.50. The van der Waals surface area contributed by atoms with Crippen molar-refractivity contribution in [1.29, 1.82) is 0 Å². The molecule has 2 rings (SSSR count). The predicted molar refractivity (Wildman–Crippen MR) is 70.2 cm³/mol. The van der Waals surface area contributed by atoms with Crippen LogP contribution in [0.25, 0.3) is 0 Å². The third-order valence-electron chi connectivity index (χ3n) is 3.19. The lowest BCUT2D eigenvalue weighted by atomic mass is 10.1. The van der Waals surface area contributed by atoms with Gasteiger partial charge >= 0.3 is 5.97 Å². The van der Waals surface area contributed by atoms with Crippen molar-refractivity contribution in [3.63, 3.8) is 0 Å². The minimum atomic E-state index is -0.863. The molecule has 0 saturated heterocycles. The van der Waals surface area contributed by atoms with Gasteiger partial charge in [0.2, 0.25) is 0 Å². The lowest BCUT2D eigenvalue weighted by Crippen LogP contribution is -2.27. The van der Waals surface area contributed by atoms with Crippen molar-refractivity contribution in [2.24, 2.45) is 5.73 Å². The van der Waals surface area contributed by atoms with Gasteiger partial charge in [-0.05, 0) is 36.6 Å². The maximum atomic E-state index is 10.5. The third-order valence-corrected chi connectivity index (χ3v) is 3.19. The van der Waals surface area contributed by atoms with E-state index in [2.05, 4.69) is 0 Å². The van der Waals surface area contributed by atoms with Gasteiger partial charge in [0.05, 0.1) is 25.7 Å². The average Bonchev–Trinajstić information content (AvgIpc) is 2.65. The third kappa shape index (κ3) is 3.24. The number of hydrogen-bond acceptors (Lipinski definition) is 4. The molecule has 19 heavy (non-hydrogen) atoms. The van der Waals surface area contributed by atoms with E-state index in [9.17, 15) is 4.79 Å². The second-order valence-corrected chi connectivity index (χ2v) is 4.60. The summed E-state index contributed by atoms with van der Waals surface area (Å²) in [6.45, 7) is 2.75. The van der Waals surface area contributed by atoms with Crippen molar-refractivity contribution in [3.05, 3.63) is 29.3 Å². The molecule has 0 saturated carbocycles. The molecule has 0 spiro atoms. The number of hydrogen-bond donors (Lipinski definition) is 2. The summed E-state index contributed by atoms with van der Waals surface area (Å²) in [4.78, 5) is 10.5. The Hall–Kier alpha value is -1.59. The highest BCUT2D eigenvalue weighted by atomic mass is 16.5. The van der Waals surface area contributed by atoms with Crippen LogP contribution in [0.15, 0.2) is 18.2 Å².